The minimum absolute atomic E-state index is 0.00794. The third kappa shape index (κ3) is 3.96. The van der Waals surface area contributed by atoms with Crippen molar-refractivity contribution < 1.29 is 9.18 Å². The summed E-state index contributed by atoms with van der Waals surface area (Å²) in [6.45, 7) is 2.56. The van der Waals surface area contributed by atoms with Crippen LogP contribution in [0.4, 0.5) is 4.39 Å². The summed E-state index contributed by atoms with van der Waals surface area (Å²) < 4.78 is 15.3. The number of piperidine rings is 1. The summed E-state index contributed by atoms with van der Waals surface area (Å²) >= 11 is 0. The molecule has 0 bridgehead atoms. The Labute approximate surface area is 153 Å². The maximum absolute atomic E-state index is 13.4. The van der Waals surface area contributed by atoms with Gasteiger partial charge in [0.1, 0.15) is 11.5 Å². The number of hydrogen-bond acceptors (Lipinski definition) is 3. The first kappa shape index (κ1) is 17.2. The van der Waals surface area contributed by atoms with E-state index in [1.807, 2.05) is 27.9 Å². The fourth-order valence-corrected chi connectivity index (χ4v) is 3.64. The fourth-order valence-electron chi connectivity index (χ4n) is 3.64. The number of rotatable bonds is 6. The van der Waals surface area contributed by atoms with Gasteiger partial charge in [-0.1, -0.05) is 12.1 Å². The van der Waals surface area contributed by atoms with Gasteiger partial charge in [-0.05, 0) is 62.4 Å². The molecule has 1 atom stereocenters. The van der Waals surface area contributed by atoms with Crippen molar-refractivity contribution in [1.82, 2.24) is 20.0 Å². The molecule has 1 aromatic heterocycles. The topological polar surface area (TPSA) is 50.2 Å². The van der Waals surface area contributed by atoms with Crippen LogP contribution in [0.1, 0.15) is 47.8 Å². The molecule has 1 saturated heterocycles. The zero-order valence-corrected chi connectivity index (χ0v) is 14.9. The van der Waals surface area contributed by atoms with Crippen LogP contribution in [0.5, 0.6) is 0 Å². The van der Waals surface area contributed by atoms with Gasteiger partial charge in [-0.2, -0.15) is 5.10 Å². The molecule has 1 N–H and O–H groups in total. The molecule has 5 nitrogen and oxygen atoms in total. The van der Waals surface area contributed by atoms with Crippen molar-refractivity contribution in [2.24, 2.45) is 0 Å². The summed E-state index contributed by atoms with van der Waals surface area (Å²) in [5, 5.41) is 7.94. The average molecular weight is 356 g/mol. The maximum atomic E-state index is 13.4. The van der Waals surface area contributed by atoms with Crippen LogP contribution in [0.25, 0.3) is 0 Å². The number of aromatic nitrogens is 2. The molecule has 0 radical (unpaired) electrons. The Morgan fingerprint density at radius 2 is 2.19 bits per heavy atom. The highest BCUT2D eigenvalue weighted by molar-refractivity contribution is 5.92. The second-order valence-electron chi connectivity index (χ2n) is 7.29. The largest absolute Gasteiger partial charge is 0.334 e. The first-order valence-electron chi connectivity index (χ1n) is 9.52. The summed E-state index contributed by atoms with van der Waals surface area (Å²) in [4.78, 5) is 14.9. The summed E-state index contributed by atoms with van der Waals surface area (Å²) in [6.07, 6.45) is 6.89. The van der Waals surface area contributed by atoms with E-state index in [9.17, 15) is 9.18 Å². The van der Waals surface area contributed by atoms with Crippen LogP contribution in [0.3, 0.4) is 0 Å². The van der Waals surface area contributed by atoms with E-state index in [1.54, 1.807) is 12.1 Å². The van der Waals surface area contributed by atoms with Crippen molar-refractivity contribution in [3.05, 3.63) is 53.6 Å². The van der Waals surface area contributed by atoms with Crippen LogP contribution in [-0.4, -0.2) is 46.3 Å². The van der Waals surface area contributed by atoms with Crippen molar-refractivity contribution in [2.45, 2.75) is 44.2 Å². The average Bonchev–Trinajstić information content (AvgIpc) is 3.37. The Kier molecular flexibility index (Phi) is 5.02. The standard InChI is InChI=1S/C20H25FN4O/c21-16-4-1-3-15(13-16)8-11-24(17-6-7-17)20(26)19-9-12-25(23-19)18-5-2-10-22-14-18/h1,3-4,9,12-13,17-18,22H,2,5-8,10-11,14H2. The van der Waals surface area contributed by atoms with Gasteiger partial charge in [0, 0.05) is 25.3 Å². The van der Waals surface area contributed by atoms with E-state index in [2.05, 4.69) is 10.4 Å². The molecule has 1 amide bonds. The van der Waals surface area contributed by atoms with Crippen LogP contribution in [0.15, 0.2) is 36.5 Å². The van der Waals surface area contributed by atoms with E-state index in [1.165, 1.54) is 6.07 Å². The second-order valence-corrected chi connectivity index (χ2v) is 7.29. The van der Waals surface area contributed by atoms with E-state index in [-0.39, 0.29) is 11.7 Å². The van der Waals surface area contributed by atoms with Crippen molar-refractivity contribution >= 4 is 5.91 Å². The van der Waals surface area contributed by atoms with Crippen LogP contribution >= 0.6 is 0 Å². The Morgan fingerprint density at radius 1 is 1.31 bits per heavy atom. The van der Waals surface area contributed by atoms with Gasteiger partial charge >= 0.3 is 0 Å². The zero-order valence-electron chi connectivity index (χ0n) is 14.9. The molecule has 6 heteroatoms. The molecule has 2 aliphatic rings. The third-order valence-electron chi connectivity index (χ3n) is 5.25. The van der Waals surface area contributed by atoms with Gasteiger partial charge in [0.2, 0.25) is 0 Å². The number of carbonyl (C=O) groups excluding carboxylic acids is 1. The van der Waals surface area contributed by atoms with E-state index >= 15 is 0 Å². The van der Waals surface area contributed by atoms with Crippen LogP contribution in [0.2, 0.25) is 0 Å². The third-order valence-corrected chi connectivity index (χ3v) is 5.25. The van der Waals surface area contributed by atoms with E-state index in [4.69, 9.17) is 0 Å². The molecule has 1 aliphatic heterocycles. The number of halogens is 1. The van der Waals surface area contributed by atoms with Gasteiger partial charge in [-0.25, -0.2) is 4.39 Å². The molecule has 1 unspecified atom stereocenters. The smallest absolute Gasteiger partial charge is 0.274 e. The molecule has 1 aromatic carbocycles. The summed E-state index contributed by atoms with van der Waals surface area (Å²) in [7, 11) is 0. The molecular weight excluding hydrogens is 331 g/mol. The highest BCUT2D eigenvalue weighted by Gasteiger charge is 2.33. The molecule has 0 spiro atoms. The summed E-state index contributed by atoms with van der Waals surface area (Å²) in [5.41, 5.74) is 1.43. The Hall–Kier alpha value is -2.21. The minimum Gasteiger partial charge on any atom is -0.334 e. The molecule has 2 fully saturated rings. The predicted molar refractivity (Wildman–Crippen MR) is 97.5 cm³/mol. The first-order chi connectivity index (χ1) is 12.7. The number of nitrogens with zero attached hydrogens (tertiary/aromatic N) is 3. The summed E-state index contributed by atoms with van der Waals surface area (Å²) in [6, 6.07) is 9.07. The lowest BCUT2D eigenvalue weighted by atomic mass is 10.1. The molecule has 4 rings (SSSR count). The van der Waals surface area contributed by atoms with Crippen molar-refractivity contribution in [3.63, 3.8) is 0 Å². The van der Waals surface area contributed by atoms with Gasteiger partial charge < -0.3 is 10.2 Å². The molecule has 2 heterocycles. The highest BCUT2D eigenvalue weighted by Crippen LogP contribution is 2.28. The Balaban J connectivity index is 1.43. The normalized spacial score (nSPS) is 20.1. The van der Waals surface area contributed by atoms with Crippen LogP contribution in [-0.2, 0) is 6.42 Å². The number of nitrogens with one attached hydrogen (secondary N) is 1. The Morgan fingerprint density at radius 3 is 2.92 bits per heavy atom. The van der Waals surface area contributed by atoms with Crippen LogP contribution in [0, 0.1) is 5.82 Å². The number of carbonyl (C=O) groups is 1. The molecule has 1 saturated carbocycles. The Bertz CT molecular complexity index is 765. The highest BCUT2D eigenvalue weighted by atomic mass is 19.1. The predicted octanol–water partition coefficient (Wildman–Crippen LogP) is 2.79. The van der Waals surface area contributed by atoms with E-state index in [0.717, 1.165) is 44.3 Å². The van der Waals surface area contributed by atoms with E-state index < -0.39 is 0 Å². The monoisotopic (exact) mass is 356 g/mol. The van der Waals surface area contributed by atoms with Crippen LogP contribution < -0.4 is 5.32 Å². The molecule has 1 aliphatic carbocycles. The van der Waals surface area contributed by atoms with Gasteiger partial charge in [0.15, 0.2) is 0 Å². The zero-order chi connectivity index (χ0) is 17.9. The summed E-state index contributed by atoms with van der Waals surface area (Å²) in [5.74, 6) is -0.238. The van der Waals surface area contributed by atoms with Crippen molar-refractivity contribution in [2.75, 3.05) is 19.6 Å². The van der Waals surface area contributed by atoms with Gasteiger partial charge in [-0.15, -0.1) is 0 Å². The number of amides is 1. The lowest BCUT2D eigenvalue weighted by Crippen LogP contribution is -2.35. The lowest BCUT2D eigenvalue weighted by molar-refractivity contribution is 0.0737. The quantitative estimate of drug-likeness (QED) is 0.866. The molecular formula is C20H25FN4O. The van der Waals surface area contributed by atoms with Gasteiger partial charge in [-0.3, -0.25) is 9.48 Å². The number of benzene rings is 1. The fraction of sp³-hybridized carbons (Fsp3) is 0.500. The number of hydrogen-bond donors (Lipinski definition) is 1. The maximum Gasteiger partial charge on any atom is 0.274 e. The molecule has 138 valence electrons. The second kappa shape index (κ2) is 7.58. The minimum atomic E-state index is -0.230. The van der Waals surface area contributed by atoms with Crippen molar-refractivity contribution in [3.8, 4) is 0 Å². The molecule has 26 heavy (non-hydrogen) atoms. The SMILES string of the molecule is O=C(c1ccn(C2CCCNC2)n1)N(CCc1cccc(F)c1)C1CC1. The lowest BCUT2D eigenvalue weighted by Gasteiger charge is -2.23. The van der Waals surface area contributed by atoms with Gasteiger partial charge in [0.05, 0.1) is 6.04 Å². The van der Waals surface area contributed by atoms with Crippen molar-refractivity contribution in [1.29, 1.82) is 0 Å². The van der Waals surface area contributed by atoms with Gasteiger partial charge in [0.25, 0.3) is 5.91 Å². The molecule has 2 aromatic rings. The van der Waals surface area contributed by atoms with E-state index in [0.29, 0.717) is 30.7 Å². The first-order valence-corrected chi connectivity index (χ1v) is 9.52.